The molecule has 1 amide bonds. The van der Waals surface area contributed by atoms with Crippen molar-refractivity contribution in [3.8, 4) is 17.2 Å². The summed E-state index contributed by atoms with van der Waals surface area (Å²) in [6.07, 6.45) is 0. The van der Waals surface area contributed by atoms with E-state index >= 15 is 0 Å². The molecule has 0 saturated carbocycles. The average Bonchev–Trinajstić information content (AvgIpc) is 2.61. The highest BCUT2D eigenvalue weighted by Gasteiger charge is 2.17. The van der Waals surface area contributed by atoms with Crippen LogP contribution >= 0.6 is 11.6 Å². The van der Waals surface area contributed by atoms with Gasteiger partial charge in [0.05, 0.1) is 12.8 Å². The van der Waals surface area contributed by atoms with Crippen LogP contribution in [0.4, 0.5) is 11.4 Å². The SMILES string of the molecule is COc1ccc(Cl)cc1NC(=O)C(C)Nc1ccc2c(c1)OCCO2. The summed E-state index contributed by atoms with van der Waals surface area (Å²) in [5.41, 5.74) is 1.29. The molecule has 0 spiro atoms. The van der Waals surface area contributed by atoms with E-state index in [1.54, 1.807) is 25.1 Å². The van der Waals surface area contributed by atoms with Crippen LogP contribution in [0.25, 0.3) is 0 Å². The minimum atomic E-state index is -0.480. The van der Waals surface area contributed by atoms with Crippen LogP contribution < -0.4 is 24.8 Å². The van der Waals surface area contributed by atoms with Crippen LogP contribution in [-0.2, 0) is 4.79 Å². The first-order valence-electron chi connectivity index (χ1n) is 7.87. The van der Waals surface area contributed by atoms with Gasteiger partial charge < -0.3 is 24.8 Å². The lowest BCUT2D eigenvalue weighted by atomic mass is 10.2. The second-order valence-electron chi connectivity index (χ2n) is 5.56. The first-order valence-corrected chi connectivity index (χ1v) is 8.25. The second-order valence-corrected chi connectivity index (χ2v) is 5.99. The van der Waals surface area contributed by atoms with E-state index in [9.17, 15) is 4.79 Å². The van der Waals surface area contributed by atoms with Crippen molar-refractivity contribution >= 4 is 28.9 Å². The quantitative estimate of drug-likeness (QED) is 0.851. The number of halogens is 1. The Kier molecular flexibility index (Phi) is 5.19. The molecule has 1 atom stereocenters. The first-order chi connectivity index (χ1) is 12.1. The number of hydrogen-bond acceptors (Lipinski definition) is 5. The van der Waals surface area contributed by atoms with E-state index in [0.29, 0.717) is 41.2 Å². The topological polar surface area (TPSA) is 68.8 Å². The maximum absolute atomic E-state index is 12.5. The Bertz CT molecular complexity index is 782. The summed E-state index contributed by atoms with van der Waals surface area (Å²) in [6.45, 7) is 2.82. The highest BCUT2D eigenvalue weighted by molar-refractivity contribution is 6.31. The molecule has 0 aromatic heterocycles. The number of carbonyl (C=O) groups excluding carboxylic acids is 1. The summed E-state index contributed by atoms with van der Waals surface area (Å²) in [4.78, 5) is 12.5. The van der Waals surface area contributed by atoms with Gasteiger partial charge in [-0.2, -0.15) is 0 Å². The molecule has 2 aromatic carbocycles. The maximum atomic E-state index is 12.5. The number of amides is 1. The molecular weight excluding hydrogens is 344 g/mol. The van der Waals surface area contributed by atoms with Gasteiger partial charge in [0, 0.05) is 16.8 Å². The highest BCUT2D eigenvalue weighted by atomic mass is 35.5. The lowest BCUT2D eigenvalue weighted by Gasteiger charge is -2.21. The number of carbonyl (C=O) groups is 1. The Labute approximate surface area is 151 Å². The fourth-order valence-electron chi connectivity index (χ4n) is 2.47. The van der Waals surface area contributed by atoms with Gasteiger partial charge in [-0.15, -0.1) is 0 Å². The van der Waals surface area contributed by atoms with Crippen molar-refractivity contribution in [3.63, 3.8) is 0 Å². The largest absolute Gasteiger partial charge is 0.495 e. The van der Waals surface area contributed by atoms with E-state index in [1.807, 2.05) is 18.2 Å². The van der Waals surface area contributed by atoms with Crippen LogP contribution in [0, 0.1) is 0 Å². The molecular formula is C18H19ClN2O4. The third-order valence-corrected chi connectivity index (χ3v) is 3.97. The van der Waals surface area contributed by atoms with Gasteiger partial charge in [0.1, 0.15) is 25.0 Å². The van der Waals surface area contributed by atoms with Crippen LogP contribution in [0.3, 0.4) is 0 Å². The zero-order chi connectivity index (χ0) is 17.8. The van der Waals surface area contributed by atoms with E-state index < -0.39 is 6.04 Å². The fraction of sp³-hybridized carbons (Fsp3) is 0.278. The first kappa shape index (κ1) is 17.2. The minimum absolute atomic E-state index is 0.213. The van der Waals surface area contributed by atoms with Crippen LogP contribution in [-0.4, -0.2) is 32.3 Å². The Morgan fingerprint density at radius 1 is 1.16 bits per heavy atom. The smallest absolute Gasteiger partial charge is 0.246 e. The third-order valence-electron chi connectivity index (χ3n) is 3.74. The van der Waals surface area contributed by atoms with Gasteiger partial charge in [-0.1, -0.05) is 11.6 Å². The summed E-state index contributed by atoms with van der Waals surface area (Å²) in [5, 5.41) is 6.48. The molecule has 0 aliphatic carbocycles. The zero-order valence-corrected chi connectivity index (χ0v) is 14.7. The lowest BCUT2D eigenvalue weighted by molar-refractivity contribution is -0.116. The van der Waals surface area contributed by atoms with Crippen LogP contribution in [0.1, 0.15) is 6.92 Å². The number of nitrogens with one attached hydrogen (secondary N) is 2. The van der Waals surface area contributed by atoms with Crippen molar-refractivity contribution in [2.45, 2.75) is 13.0 Å². The molecule has 1 heterocycles. The number of ether oxygens (including phenoxy) is 3. The van der Waals surface area contributed by atoms with Crippen molar-refractivity contribution in [3.05, 3.63) is 41.4 Å². The van der Waals surface area contributed by atoms with E-state index in [1.165, 1.54) is 7.11 Å². The van der Waals surface area contributed by atoms with Gasteiger partial charge in [-0.3, -0.25) is 4.79 Å². The molecule has 1 aliphatic heterocycles. The summed E-state index contributed by atoms with van der Waals surface area (Å²) < 4.78 is 16.3. The van der Waals surface area contributed by atoms with Crippen molar-refractivity contribution in [1.82, 2.24) is 0 Å². The molecule has 0 saturated heterocycles. The van der Waals surface area contributed by atoms with Crippen LogP contribution in [0.5, 0.6) is 17.2 Å². The highest BCUT2D eigenvalue weighted by Crippen LogP contribution is 2.33. The Morgan fingerprint density at radius 2 is 1.92 bits per heavy atom. The van der Waals surface area contributed by atoms with Gasteiger partial charge in [-0.05, 0) is 37.3 Å². The Hall–Kier alpha value is -2.60. The standard InChI is InChI=1S/C18H19ClN2O4/c1-11(18(22)21-14-9-12(19)3-5-15(14)23-2)20-13-4-6-16-17(10-13)25-8-7-24-16/h3-6,9-11,20H,7-8H2,1-2H3,(H,21,22). The zero-order valence-electron chi connectivity index (χ0n) is 14.0. The van der Waals surface area contributed by atoms with Crippen molar-refractivity contribution in [1.29, 1.82) is 0 Å². The maximum Gasteiger partial charge on any atom is 0.246 e. The molecule has 1 aliphatic rings. The van der Waals surface area contributed by atoms with Gasteiger partial charge in [0.15, 0.2) is 11.5 Å². The predicted octanol–water partition coefficient (Wildman–Crippen LogP) is 3.56. The molecule has 1 unspecified atom stereocenters. The van der Waals surface area contributed by atoms with E-state index in [4.69, 9.17) is 25.8 Å². The van der Waals surface area contributed by atoms with E-state index in [0.717, 1.165) is 5.69 Å². The summed E-state index contributed by atoms with van der Waals surface area (Å²) >= 11 is 5.99. The minimum Gasteiger partial charge on any atom is -0.495 e. The number of hydrogen-bond donors (Lipinski definition) is 2. The van der Waals surface area contributed by atoms with Gasteiger partial charge in [0.25, 0.3) is 0 Å². The third kappa shape index (κ3) is 4.09. The molecule has 25 heavy (non-hydrogen) atoms. The summed E-state index contributed by atoms with van der Waals surface area (Å²) in [7, 11) is 1.54. The van der Waals surface area contributed by atoms with Crippen LogP contribution in [0.15, 0.2) is 36.4 Å². The van der Waals surface area contributed by atoms with Gasteiger partial charge in [0.2, 0.25) is 5.91 Å². The number of benzene rings is 2. The lowest BCUT2D eigenvalue weighted by Crippen LogP contribution is -2.32. The summed E-state index contributed by atoms with van der Waals surface area (Å²) in [6, 6.07) is 10.1. The van der Waals surface area contributed by atoms with Gasteiger partial charge >= 0.3 is 0 Å². The molecule has 7 heteroatoms. The molecule has 132 valence electrons. The van der Waals surface area contributed by atoms with Gasteiger partial charge in [-0.25, -0.2) is 0 Å². The number of rotatable bonds is 5. The predicted molar refractivity (Wildman–Crippen MR) is 97.2 cm³/mol. The van der Waals surface area contributed by atoms with Crippen molar-refractivity contribution in [2.24, 2.45) is 0 Å². The van der Waals surface area contributed by atoms with Crippen molar-refractivity contribution < 1.29 is 19.0 Å². The molecule has 2 aromatic rings. The molecule has 2 N–H and O–H groups in total. The number of fused-ring (bicyclic) bond motifs is 1. The summed E-state index contributed by atoms with van der Waals surface area (Å²) in [5.74, 6) is 1.71. The van der Waals surface area contributed by atoms with E-state index in [2.05, 4.69) is 10.6 Å². The van der Waals surface area contributed by atoms with E-state index in [-0.39, 0.29) is 5.91 Å². The normalized spacial score (nSPS) is 13.7. The van der Waals surface area contributed by atoms with Crippen molar-refractivity contribution in [2.75, 3.05) is 31.0 Å². The molecule has 0 radical (unpaired) electrons. The molecule has 0 bridgehead atoms. The monoisotopic (exact) mass is 362 g/mol. The fourth-order valence-corrected chi connectivity index (χ4v) is 2.64. The Morgan fingerprint density at radius 3 is 2.68 bits per heavy atom. The molecule has 0 fully saturated rings. The van der Waals surface area contributed by atoms with Crippen LogP contribution in [0.2, 0.25) is 5.02 Å². The second kappa shape index (κ2) is 7.53. The molecule has 3 rings (SSSR count). The Balaban J connectivity index is 1.68. The average molecular weight is 363 g/mol. The molecule has 6 nitrogen and oxygen atoms in total. The number of methoxy groups -OCH3 is 1. The number of anilines is 2.